The molecular formula is C25H22FN3O3S. The van der Waals surface area contributed by atoms with Crippen molar-refractivity contribution in [1.29, 1.82) is 0 Å². The summed E-state index contributed by atoms with van der Waals surface area (Å²) in [7, 11) is 0. The molecule has 0 atom stereocenters. The fraction of sp³-hybridized carbons (Fsp3) is 0.200. The van der Waals surface area contributed by atoms with Crippen molar-refractivity contribution in [3.63, 3.8) is 0 Å². The first-order chi connectivity index (χ1) is 16.1. The smallest absolute Gasteiger partial charge is 0.293 e. The predicted molar refractivity (Wildman–Crippen MR) is 124 cm³/mol. The lowest BCUT2D eigenvalue weighted by molar-refractivity contribution is 0.0992. The number of anilines is 1. The number of thiazole rings is 1. The Morgan fingerprint density at radius 1 is 1.12 bits per heavy atom. The molecule has 0 spiro atoms. The van der Waals surface area contributed by atoms with Gasteiger partial charge in [0.25, 0.3) is 5.91 Å². The first-order valence-corrected chi connectivity index (χ1v) is 11.5. The maximum Gasteiger partial charge on any atom is 0.293 e. The van der Waals surface area contributed by atoms with Gasteiger partial charge in [0.2, 0.25) is 0 Å². The van der Waals surface area contributed by atoms with Crippen LogP contribution in [0.2, 0.25) is 0 Å². The number of hydrogen-bond acceptors (Lipinski definition) is 6. The highest BCUT2D eigenvalue weighted by Crippen LogP contribution is 2.29. The van der Waals surface area contributed by atoms with Crippen LogP contribution in [-0.4, -0.2) is 22.3 Å². The molecule has 0 saturated carbocycles. The SMILES string of the molecule is O=C(Nc1nc2c(s1)CN(Cc1ccccc1)CC2)c1ccc(COc2ccc(F)cc2)o1. The standard InChI is InChI=1S/C25H22FN3O3S/c26-18-6-8-19(9-7-18)31-16-20-10-11-22(32-20)24(30)28-25-27-21-12-13-29(15-23(21)33-25)14-17-4-2-1-3-5-17/h1-11H,12-16H2,(H,27,28,30). The predicted octanol–water partition coefficient (Wildman–Crippen LogP) is 5.26. The molecule has 6 nitrogen and oxygen atoms in total. The Balaban J connectivity index is 1.17. The second-order valence-electron chi connectivity index (χ2n) is 7.80. The number of amides is 1. The molecule has 1 amide bonds. The Morgan fingerprint density at radius 2 is 1.94 bits per heavy atom. The molecule has 0 bridgehead atoms. The number of ether oxygens (including phenoxy) is 1. The lowest BCUT2D eigenvalue weighted by Gasteiger charge is -2.25. The maximum absolute atomic E-state index is 13.0. The van der Waals surface area contributed by atoms with Gasteiger partial charge in [0.15, 0.2) is 10.9 Å². The molecule has 168 valence electrons. The zero-order valence-electron chi connectivity index (χ0n) is 17.8. The van der Waals surface area contributed by atoms with Crippen molar-refractivity contribution in [3.05, 3.63) is 100 Å². The van der Waals surface area contributed by atoms with Gasteiger partial charge in [-0.1, -0.05) is 30.3 Å². The lowest BCUT2D eigenvalue weighted by Crippen LogP contribution is -2.29. The second kappa shape index (κ2) is 9.56. The number of halogens is 1. The third kappa shape index (κ3) is 5.30. The van der Waals surface area contributed by atoms with Crippen molar-refractivity contribution in [2.24, 2.45) is 0 Å². The van der Waals surface area contributed by atoms with E-state index in [2.05, 4.69) is 39.5 Å². The van der Waals surface area contributed by atoms with Crippen LogP contribution in [0.1, 0.15) is 32.4 Å². The molecule has 1 aliphatic heterocycles. The van der Waals surface area contributed by atoms with E-state index in [-0.39, 0.29) is 24.1 Å². The van der Waals surface area contributed by atoms with E-state index >= 15 is 0 Å². The molecule has 8 heteroatoms. The summed E-state index contributed by atoms with van der Waals surface area (Å²) in [5, 5.41) is 3.42. The van der Waals surface area contributed by atoms with Crippen molar-refractivity contribution < 1.29 is 18.3 Å². The summed E-state index contributed by atoms with van der Waals surface area (Å²) in [4.78, 5) is 20.8. The maximum atomic E-state index is 13.0. The Hall–Kier alpha value is -3.49. The van der Waals surface area contributed by atoms with E-state index < -0.39 is 0 Å². The van der Waals surface area contributed by atoms with E-state index in [4.69, 9.17) is 9.15 Å². The second-order valence-corrected chi connectivity index (χ2v) is 8.88. The van der Waals surface area contributed by atoms with Crippen LogP contribution in [0.5, 0.6) is 5.75 Å². The Kier molecular flexibility index (Phi) is 6.19. The molecule has 33 heavy (non-hydrogen) atoms. The number of fused-ring (bicyclic) bond motifs is 1. The van der Waals surface area contributed by atoms with Crippen LogP contribution < -0.4 is 10.1 Å². The van der Waals surface area contributed by atoms with Gasteiger partial charge in [0.1, 0.15) is 23.9 Å². The monoisotopic (exact) mass is 463 g/mol. The molecule has 1 aliphatic rings. The molecule has 2 aromatic heterocycles. The molecule has 0 fully saturated rings. The molecule has 0 aliphatic carbocycles. The van der Waals surface area contributed by atoms with Gasteiger partial charge in [0, 0.05) is 30.9 Å². The fourth-order valence-electron chi connectivity index (χ4n) is 3.70. The number of benzene rings is 2. The largest absolute Gasteiger partial charge is 0.486 e. The minimum atomic E-state index is -0.352. The van der Waals surface area contributed by atoms with Gasteiger partial charge in [-0.15, -0.1) is 11.3 Å². The zero-order valence-corrected chi connectivity index (χ0v) is 18.6. The van der Waals surface area contributed by atoms with E-state index in [1.165, 1.54) is 46.0 Å². The molecule has 0 radical (unpaired) electrons. The summed E-state index contributed by atoms with van der Waals surface area (Å²) in [6.07, 6.45) is 0.861. The summed E-state index contributed by atoms with van der Waals surface area (Å²) in [5.74, 6) is 0.530. The first-order valence-electron chi connectivity index (χ1n) is 10.7. The van der Waals surface area contributed by atoms with Crippen LogP contribution in [0, 0.1) is 5.82 Å². The lowest BCUT2D eigenvalue weighted by atomic mass is 10.1. The Morgan fingerprint density at radius 3 is 2.76 bits per heavy atom. The van der Waals surface area contributed by atoms with E-state index in [0.717, 1.165) is 31.7 Å². The van der Waals surface area contributed by atoms with E-state index in [1.54, 1.807) is 12.1 Å². The fourth-order valence-corrected chi connectivity index (χ4v) is 4.75. The van der Waals surface area contributed by atoms with Crippen molar-refractivity contribution >= 4 is 22.4 Å². The molecule has 4 aromatic rings. The quantitative estimate of drug-likeness (QED) is 0.405. The highest BCUT2D eigenvalue weighted by atomic mass is 32.1. The molecule has 0 saturated heterocycles. The van der Waals surface area contributed by atoms with Gasteiger partial charge in [-0.25, -0.2) is 9.37 Å². The topological polar surface area (TPSA) is 67.6 Å². The average molecular weight is 464 g/mol. The molecule has 2 aromatic carbocycles. The average Bonchev–Trinajstić information content (AvgIpc) is 3.46. The minimum Gasteiger partial charge on any atom is -0.486 e. The van der Waals surface area contributed by atoms with Crippen LogP contribution in [0.25, 0.3) is 0 Å². The summed E-state index contributed by atoms with van der Waals surface area (Å²) < 4.78 is 24.1. The van der Waals surface area contributed by atoms with E-state index in [0.29, 0.717) is 16.6 Å². The molecule has 0 unspecified atom stereocenters. The molecular weight excluding hydrogens is 441 g/mol. The van der Waals surface area contributed by atoms with E-state index in [9.17, 15) is 9.18 Å². The summed E-state index contributed by atoms with van der Waals surface area (Å²) in [6.45, 7) is 2.80. The number of rotatable bonds is 7. The van der Waals surface area contributed by atoms with Crippen molar-refractivity contribution in [2.75, 3.05) is 11.9 Å². The number of carbonyl (C=O) groups is 1. The van der Waals surface area contributed by atoms with Crippen molar-refractivity contribution in [1.82, 2.24) is 9.88 Å². The first kappa shape index (κ1) is 21.4. The van der Waals surface area contributed by atoms with E-state index in [1.807, 2.05) is 6.07 Å². The van der Waals surface area contributed by atoms with Crippen LogP contribution >= 0.6 is 11.3 Å². The normalized spacial score (nSPS) is 13.5. The van der Waals surface area contributed by atoms with Gasteiger partial charge in [-0.2, -0.15) is 0 Å². The minimum absolute atomic E-state index is 0.141. The van der Waals surface area contributed by atoms with Gasteiger partial charge in [-0.05, 0) is 42.0 Å². The van der Waals surface area contributed by atoms with Crippen molar-refractivity contribution in [2.45, 2.75) is 26.1 Å². The summed E-state index contributed by atoms with van der Waals surface area (Å²) in [5.41, 5.74) is 2.34. The third-order valence-electron chi connectivity index (χ3n) is 5.36. The van der Waals surface area contributed by atoms with Crippen LogP contribution in [0.15, 0.2) is 71.1 Å². The third-order valence-corrected chi connectivity index (χ3v) is 6.36. The number of aromatic nitrogens is 1. The van der Waals surface area contributed by atoms with Gasteiger partial charge in [-0.3, -0.25) is 15.0 Å². The number of hydrogen-bond donors (Lipinski definition) is 1. The van der Waals surface area contributed by atoms with Crippen LogP contribution in [0.3, 0.4) is 0 Å². The molecule has 3 heterocycles. The van der Waals surface area contributed by atoms with Crippen molar-refractivity contribution in [3.8, 4) is 5.75 Å². The number of nitrogens with one attached hydrogen (secondary N) is 1. The number of nitrogens with zero attached hydrogens (tertiary/aromatic N) is 2. The summed E-state index contributed by atoms with van der Waals surface area (Å²) >= 11 is 1.51. The Labute approximate surface area is 194 Å². The number of furan rings is 1. The Bertz CT molecular complexity index is 1240. The zero-order chi connectivity index (χ0) is 22.6. The number of carbonyl (C=O) groups excluding carboxylic acids is 1. The van der Waals surface area contributed by atoms with Crippen LogP contribution in [0.4, 0.5) is 9.52 Å². The molecule has 5 rings (SSSR count). The highest BCUT2D eigenvalue weighted by molar-refractivity contribution is 7.15. The van der Waals surface area contributed by atoms with Crippen LogP contribution in [-0.2, 0) is 26.1 Å². The van der Waals surface area contributed by atoms with Gasteiger partial charge >= 0.3 is 0 Å². The van der Waals surface area contributed by atoms with Gasteiger partial charge in [0.05, 0.1) is 5.69 Å². The summed E-state index contributed by atoms with van der Waals surface area (Å²) in [6, 6.07) is 19.4. The van der Waals surface area contributed by atoms with Gasteiger partial charge < -0.3 is 9.15 Å². The molecule has 1 N–H and O–H groups in total. The highest BCUT2D eigenvalue weighted by Gasteiger charge is 2.22.